The summed E-state index contributed by atoms with van der Waals surface area (Å²) in [5.74, 6) is -0.403. The average molecular weight is 436 g/mol. The summed E-state index contributed by atoms with van der Waals surface area (Å²) < 4.78 is 5.65. The van der Waals surface area contributed by atoms with E-state index in [1.807, 2.05) is 42.2 Å². The smallest absolute Gasteiger partial charge is 0.337 e. The Morgan fingerprint density at radius 1 is 1.35 bits per heavy atom. The maximum atomic E-state index is 11.8. The highest BCUT2D eigenvalue weighted by Crippen LogP contribution is 2.25. The zero-order valence-corrected chi connectivity index (χ0v) is 17.0. The molecule has 0 atom stereocenters. The third kappa shape index (κ3) is 5.19. The quantitative estimate of drug-likeness (QED) is 0.437. The monoisotopic (exact) mass is 434 g/mol. The lowest BCUT2D eigenvalue weighted by atomic mass is 10.1. The first kappa shape index (κ1) is 20.2. The highest BCUT2D eigenvalue weighted by atomic mass is 79.9. The van der Waals surface area contributed by atoms with Gasteiger partial charge in [-0.1, -0.05) is 36.4 Å². The molecule has 6 heteroatoms. The van der Waals surface area contributed by atoms with Crippen LogP contribution < -0.4 is 0 Å². The van der Waals surface area contributed by atoms with Gasteiger partial charge >= 0.3 is 5.97 Å². The van der Waals surface area contributed by atoms with Crippen LogP contribution in [-0.2, 0) is 11.2 Å². The predicted molar refractivity (Wildman–Crippen MR) is 109 cm³/mol. The minimum Gasteiger partial charge on any atom is -0.465 e. The Bertz CT molecular complexity index is 819. The van der Waals surface area contributed by atoms with E-state index in [4.69, 9.17) is 16.3 Å². The van der Waals surface area contributed by atoms with Gasteiger partial charge in [-0.3, -0.25) is 4.98 Å². The van der Waals surface area contributed by atoms with E-state index in [9.17, 15) is 4.79 Å². The normalized spacial score (nSPS) is 11.2. The second-order valence-corrected chi connectivity index (χ2v) is 6.76. The van der Waals surface area contributed by atoms with Crippen molar-refractivity contribution in [3.63, 3.8) is 0 Å². The maximum absolute atomic E-state index is 11.8. The lowest BCUT2D eigenvalue weighted by Crippen LogP contribution is -2.22. The molecule has 0 aliphatic rings. The van der Waals surface area contributed by atoms with E-state index < -0.39 is 5.97 Å². The molecule has 1 aromatic carbocycles. The predicted octanol–water partition coefficient (Wildman–Crippen LogP) is 5.29. The molecule has 0 aliphatic carbocycles. The second-order valence-electron chi connectivity index (χ2n) is 5.51. The molecule has 1 aromatic heterocycles. The van der Waals surface area contributed by atoms with Gasteiger partial charge in [0.15, 0.2) is 0 Å². The van der Waals surface area contributed by atoms with Gasteiger partial charge in [0, 0.05) is 17.8 Å². The molecule has 0 unspecified atom stereocenters. The number of carbonyl (C=O) groups excluding carboxylic acids is 1. The summed E-state index contributed by atoms with van der Waals surface area (Å²) in [6, 6.07) is 11.1. The summed E-state index contributed by atoms with van der Waals surface area (Å²) in [6.45, 7) is 6.79. The number of esters is 1. The molecule has 26 heavy (non-hydrogen) atoms. The number of ether oxygens (including phenoxy) is 1. The van der Waals surface area contributed by atoms with Crippen molar-refractivity contribution in [2.75, 3.05) is 13.7 Å². The summed E-state index contributed by atoms with van der Waals surface area (Å²) in [5, 5.41) is 0.716. The molecule has 0 saturated heterocycles. The number of methoxy groups -OCH3 is 1. The topological polar surface area (TPSA) is 42.4 Å². The molecule has 0 N–H and O–H groups in total. The Morgan fingerprint density at radius 2 is 2.04 bits per heavy atom. The van der Waals surface area contributed by atoms with Crippen LogP contribution in [-0.4, -0.2) is 29.5 Å². The molecule has 0 spiro atoms. The van der Waals surface area contributed by atoms with Gasteiger partial charge in [-0.05, 0) is 59.1 Å². The van der Waals surface area contributed by atoms with Crippen molar-refractivity contribution in [1.29, 1.82) is 0 Å². The van der Waals surface area contributed by atoms with E-state index in [-0.39, 0.29) is 0 Å². The highest BCUT2D eigenvalue weighted by Gasteiger charge is 2.16. The van der Waals surface area contributed by atoms with Gasteiger partial charge in [0.05, 0.1) is 28.7 Å². The Labute approximate surface area is 167 Å². The van der Waals surface area contributed by atoms with Crippen LogP contribution in [0.1, 0.15) is 28.5 Å². The third-order valence-electron chi connectivity index (χ3n) is 3.84. The molecule has 0 amide bonds. The summed E-state index contributed by atoms with van der Waals surface area (Å²) >= 11 is 9.52. The number of hydrogen-bond acceptors (Lipinski definition) is 4. The van der Waals surface area contributed by atoms with E-state index in [0.29, 0.717) is 28.5 Å². The molecule has 136 valence electrons. The van der Waals surface area contributed by atoms with Gasteiger partial charge in [-0.15, -0.1) is 0 Å². The van der Waals surface area contributed by atoms with E-state index in [2.05, 4.69) is 27.5 Å². The van der Waals surface area contributed by atoms with Crippen LogP contribution in [0, 0.1) is 0 Å². The number of allylic oxidation sites excluding steroid dienone is 1. The number of benzene rings is 1. The van der Waals surface area contributed by atoms with Crippen LogP contribution in [0.15, 0.2) is 59.9 Å². The first-order chi connectivity index (χ1) is 12.5. The number of nitrogens with zero attached hydrogens (tertiary/aromatic N) is 2. The molecule has 4 nitrogen and oxygen atoms in total. The SMILES string of the molecule is C=C(c1cc(C(=O)OC)ccn1)N(CCc1ccc(Cl)cc1)/C(Br)=C\C. The lowest BCUT2D eigenvalue weighted by molar-refractivity contribution is 0.0600. The summed E-state index contributed by atoms with van der Waals surface area (Å²) in [7, 11) is 1.35. The van der Waals surface area contributed by atoms with Gasteiger partial charge in [0.25, 0.3) is 0 Å². The van der Waals surface area contributed by atoms with E-state index in [1.165, 1.54) is 12.7 Å². The molecule has 2 rings (SSSR count). The van der Waals surface area contributed by atoms with Crippen molar-refractivity contribution in [3.8, 4) is 0 Å². The molecule has 0 fully saturated rings. The van der Waals surface area contributed by atoms with Crippen molar-refractivity contribution >= 4 is 39.2 Å². The van der Waals surface area contributed by atoms with Crippen LogP contribution in [0.5, 0.6) is 0 Å². The summed E-state index contributed by atoms with van der Waals surface area (Å²) in [5.41, 5.74) is 2.91. The largest absolute Gasteiger partial charge is 0.465 e. The van der Waals surface area contributed by atoms with Crippen LogP contribution in [0.2, 0.25) is 5.02 Å². The maximum Gasteiger partial charge on any atom is 0.337 e. The third-order valence-corrected chi connectivity index (χ3v) is 4.97. The number of halogens is 2. The van der Waals surface area contributed by atoms with Crippen LogP contribution in [0.4, 0.5) is 0 Å². The molecule has 0 saturated carbocycles. The van der Waals surface area contributed by atoms with Crippen LogP contribution in [0.3, 0.4) is 0 Å². The fourth-order valence-corrected chi connectivity index (χ4v) is 2.91. The minimum absolute atomic E-state index is 0.403. The lowest BCUT2D eigenvalue weighted by Gasteiger charge is -2.26. The minimum atomic E-state index is -0.403. The van der Waals surface area contributed by atoms with Gasteiger partial charge in [-0.2, -0.15) is 0 Å². The molecular weight excluding hydrogens is 416 g/mol. The number of rotatable bonds is 7. The van der Waals surface area contributed by atoms with E-state index in [0.717, 1.165) is 11.0 Å². The Balaban J connectivity index is 2.22. The number of aromatic nitrogens is 1. The molecular formula is C20H20BrClN2O2. The van der Waals surface area contributed by atoms with Crippen LogP contribution >= 0.6 is 27.5 Å². The van der Waals surface area contributed by atoms with Crippen LogP contribution in [0.25, 0.3) is 5.70 Å². The van der Waals surface area contributed by atoms with Crippen molar-refractivity contribution in [3.05, 3.63) is 81.7 Å². The number of carbonyl (C=O) groups is 1. The van der Waals surface area contributed by atoms with Crippen molar-refractivity contribution < 1.29 is 9.53 Å². The van der Waals surface area contributed by atoms with Crippen molar-refractivity contribution in [1.82, 2.24) is 9.88 Å². The van der Waals surface area contributed by atoms with Gasteiger partial charge in [0.2, 0.25) is 0 Å². The summed E-state index contributed by atoms with van der Waals surface area (Å²) in [6.07, 6.45) is 4.32. The molecule has 0 radical (unpaired) electrons. The molecule has 0 aliphatic heterocycles. The fraction of sp³-hybridized carbons (Fsp3) is 0.200. The van der Waals surface area contributed by atoms with E-state index >= 15 is 0 Å². The average Bonchev–Trinajstić information content (AvgIpc) is 2.68. The summed E-state index contributed by atoms with van der Waals surface area (Å²) in [4.78, 5) is 18.1. The highest BCUT2D eigenvalue weighted by molar-refractivity contribution is 9.11. The molecule has 2 aromatic rings. The van der Waals surface area contributed by atoms with Gasteiger partial charge in [0.1, 0.15) is 0 Å². The fourth-order valence-electron chi connectivity index (χ4n) is 2.39. The molecule has 1 heterocycles. The van der Waals surface area contributed by atoms with E-state index in [1.54, 1.807) is 18.3 Å². The molecule has 0 bridgehead atoms. The van der Waals surface area contributed by atoms with Crippen molar-refractivity contribution in [2.24, 2.45) is 0 Å². The Morgan fingerprint density at radius 3 is 2.65 bits per heavy atom. The zero-order valence-electron chi connectivity index (χ0n) is 14.7. The first-order valence-corrected chi connectivity index (χ1v) is 9.20. The number of hydrogen-bond donors (Lipinski definition) is 0. The Hall–Kier alpha value is -2.11. The first-order valence-electron chi connectivity index (χ1n) is 8.03. The van der Waals surface area contributed by atoms with Gasteiger partial charge in [-0.25, -0.2) is 4.79 Å². The van der Waals surface area contributed by atoms with Crippen molar-refractivity contribution in [2.45, 2.75) is 13.3 Å². The zero-order chi connectivity index (χ0) is 19.1. The second kappa shape index (κ2) is 9.55. The number of pyridine rings is 1. The standard InChI is InChI=1S/C20H20BrClN2O2/c1-4-19(21)24(12-10-15-5-7-17(22)8-6-15)14(2)18-13-16(9-11-23-18)20(25)26-3/h4-9,11,13H,2,10,12H2,1,3H3/b19-4-. The Kier molecular flexibility index (Phi) is 7.42. The van der Waals surface area contributed by atoms with Gasteiger partial charge < -0.3 is 9.64 Å².